The molecule has 1 heterocycles. The second-order valence-electron chi connectivity index (χ2n) is 5.02. The zero-order valence-electron chi connectivity index (χ0n) is 11.5. The van der Waals surface area contributed by atoms with E-state index in [1.54, 1.807) is 32.2 Å². The summed E-state index contributed by atoms with van der Waals surface area (Å²) in [5, 5.41) is 19.8. The van der Waals surface area contributed by atoms with Gasteiger partial charge >= 0.3 is 0 Å². The first-order chi connectivity index (χ1) is 9.42. The molecule has 5 heteroatoms. The van der Waals surface area contributed by atoms with Crippen LogP contribution in [0.3, 0.4) is 0 Å². The summed E-state index contributed by atoms with van der Waals surface area (Å²) in [6.07, 6.45) is 4.07. The van der Waals surface area contributed by atoms with Crippen LogP contribution in [0.15, 0.2) is 34.8 Å². The zero-order valence-corrected chi connectivity index (χ0v) is 13.1. The van der Waals surface area contributed by atoms with E-state index in [1.807, 2.05) is 12.1 Å². The SMILES string of the molecule is C[C@H](/C=C/CCO)[C@@]1(O)C(=O)N(C)c2ccc(Br)cc21. The lowest BCUT2D eigenvalue weighted by Gasteiger charge is -2.27. The lowest BCUT2D eigenvalue weighted by molar-refractivity contribution is -0.139. The van der Waals surface area contributed by atoms with Gasteiger partial charge in [0, 0.05) is 29.6 Å². The second kappa shape index (κ2) is 5.68. The summed E-state index contributed by atoms with van der Waals surface area (Å²) in [6, 6.07) is 5.45. The molecule has 0 saturated carbocycles. The average molecular weight is 340 g/mol. The Hall–Kier alpha value is -1.17. The van der Waals surface area contributed by atoms with Gasteiger partial charge in [0.05, 0.1) is 5.69 Å². The maximum absolute atomic E-state index is 12.4. The lowest BCUT2D eigenvalue weighted by Crippen LogP contribution is -2.43. The number of halogens is 1. The van der Waals surface area contributed by atoms with E-state index in [4.69, 9.17) is 5.11 Å². The van der Waals surface area contributed by atoms with Crippen molar-refractivity contribution in [1.29, 1.82) is 0 Å². The van der Waals surface area contributed by atoms with Crippen LogP contribution in [-0.2, 0) is 10.4 Å². The third-order valence-corrected chi connectivity index (χ3v) is 4.23. The van der Waals surface area contributed by atoms with Crippen LogP contribution >= 0.6 is 15.9 Å². The molecule has 0 unspecified atom stereocenters. The summed E-state index contributed by atoms with van der Waals surface area (Å²) in [6.45, 7) is 1.85. The lowest BCUT2D eigenvalue weighted by atomic mass is 9.83. The van der Waals surface area contributed by atoms with Crippen LogP contribution in [-0.4, -0.2) is 29.8 Å². The van der Waals surface area contributed by atoms with Crippen molar-refractivity contribution in [3.05, 3.63) is 40.4 Å². The maximum atomic E-state index is 12.4. The Morgan fingerprint density at radius 1 is 1.50 bits per heavy atom. The van der Waals surface area contributed by atoms with Crippen LogP contribution in [0.25, 0.3) is 0 Å². The first-order valence-electron chi connectivity index (χ1n) is 6.51. The van der Waals surface area contributed by atoms with E-state index in [-0.39, 0.29) is 18.4 Å². The van der Waals surface area contributed by atoms with E-state index in [0.717, 1.165) is 10.2 Å². The molecule has 0 fully saturated rings. The molecule has 0 radical (unpaired) electrons. The van der Waals surface area contributed by atoms with E-state index < -0.39 is 5.60 Å². The van der Waals surface area contributed by atoms with E-state index in [0.29, 0.717) is 12.0 Å². The zero-order chi connectivity index (χ0) is 14.9. The molecule has 0 aliphatic carbocycles. The van der Waals surface area contributed by atoms with Gasteiger partial charge in [-0.1, -0.05) is 35.0 Å². The Morgan fingerprint density at radius 3 is 2.85 bits per heavy atom. The Bertz CT molecular complexity index is 558. The predicted octanol–water partition coefficient (Wildman–Crippen LogP) is 2.19. The summed E-state index contributed by atoms with van der Waals surface area (Å²) >= 11 is 3.38. The first-order valence-corrected chi connectivity index (χ1v) is 7.30. The van der Waals surface area contributed by atoms with Crippen molar-refractivity contribution < 1.29 is 15.0 Å². The fourth-order valence-electron chi connectivity index (χ4n) is 2.54. The Labute approximate surface area is 126 Å². The van der Waals surface area contributed by atoms with Crippen molar-refractivity contribution in [3.63, 3.8) is 0 Å². The molecule has 4 nitrogen and oxygen atoms in total. The maximum Gasteiger partial charge on any atom is 0.264 e. The molecule has 1 aromatic carbocycles. The minimum Gasteiger partial charge on any atom is -0.396 e. The third-order valence-electron chi connectivity index (χ3n) is 3.74. The van der Waals surface area contributed by atoms with Crippen LogP contribution in [0.4, 0.5) is 5.69 Å². The van der Waals surface area contributed by atoms with Crippen LogP contribution in [0.1, 0.15) is 18.9 Å². The fourth-order valence-corrected chi connectivity index (χ4v) is 2.90. The Kier molecular flexibility index (Phi) is 4.32. The minimum absolute atomic E-state index is 0.0532. The topological polar surface area (TPSA) is 60.8 Å². The molecule has 0 saturated heterocycles. The Morgan fingerprint density at radius 2 is 2.20 bits per heavy atom. The third kappa shape index (κ3) is 2.30. The monoisotopic (exact) mass is 339 g/mol. The molecule has 108 valence electrons. The van der Waals surface area contributed by atoms with Crippen molar-refractivity contribution in [2.75, 3.05) is 18.6 Å². The van der Waals surface area contributed by atoms with E-state index in [9.17, 15) is 9.90 Å². The van der Waals surface area contributed by atoms with E-state index in [1.165, 1.54) is 4.90 Å². The van der Waals surface area contributed by atoms with Gasteiger partial charge in [-0.05, 0) is 24.6 Å². The molecule has 0 bridgehead atoms. The summed E-state index contributed by atoms with van der Waals surface area (Å²) in [5.74, 6) is -0.703. The molecule has 0 spiro atoms. The van der Waals surface area contributed by atoms with Gasteiger partial charge in [0.1, 0.15) is 0 Å². The summed E-state index contributed by atoms with van der Waals surface area (Å²) in [7, 11) is 1.66. The molecule has 1 aliphatic rings. The number of aliphatic hydroxyl groups excluding tert-OH is 1. The molecule has 2 N–H and O–H groups in total. The van der Waals surface area contributed by atoms with E-state index in [2.05, 4.69) is 15.9 Å². The highest BCUT2D eigenvalue weighted by molar-refractivity contribution is 9.10. The number of nitrogens with zero attached hydrogens (tertiary/aromatic N) is 1. The standard InChI is InChI=1S/C15H18BrNO3/c1-10(5-3-4-8-18)15(20)12-9-11(16)6-7-13(12)17(2)14(15)19/h3,5-7,9-10,18,20H,4,8H2,1-2H3/b5-3+/t10-,15+/m1/s1. The molecule has 1 aromatic rings. The van der Waals surface area contributed by atoms with Gasteiger partial charge in [-0.2, -0.15) is 0 Å². The van der Waals surface area contributed by atoms with E-state index >= 15 is 0 Å². The molecular weight excluding hydrogens is 322 g/mol. The van der Waals surface area contributed by atoms with Crippen molar-refractivity contribution in [3.8, 4) is 0 Å². The molecule has 2 atom stereocenters. The Balaban J connectivity index is 2.45. The number of fused-ring (bicyclic) bond motifs is 1. The highest BCUT2D eigenvalue weighted by Crippen LogP contribution is 2.45. The number of amides is 1. The van der Waals surface area contributed by atoms with Crippen LogP contribution < -0.4 is 4.90 Å². The second-order valence-corrected chi connectivity index (χ2v) is 5.94. The van der Waals surface area contributed by atoms with Crippen molar-refractivity contribution in [2.24, 2.45) is 5.92 Å². The van der Waals surface area contributed by atoms with Gasteiger partial charge < -0.3 is 15.1 Å². The number of carbonyl (C=O) groups excluding carboxylic acids is 1. The normalized spacial score (nSPS) is 23.4. The number of carbonyl (C=O) groups is 1. The number of anilines is 1. The van der Waals surface area contributed by atoms with Gasteiger partial charge in [0.2, 0.25) is 0 Å². The van der Waals surface area contributed by atoms with Crippen LogP contribution in [0.5, 0.6) is 0 Å². The molecule has 20 heavy (non-hydrogen) atoms. The summed E-state index contributed by atoms with van der Waals surface area (Å²) in [5.41, 5.74) is -0.219. The van der Waals surface area contributed by atoms with Gasteiger partial charge in [-0.15, -0.1) is 0 Å². The highest BCUT2D eigenvalue weighted by atomic mass is 79.9. The number of hydrogen-bond acceptors (Lipinski definition) is 3. The molecular formula is C15H18BrNO3. The molecule has 1 aliphatic heterocycles. The van der Waals surface area contributed by atoms with Gasteiger partial charge in [-0.3, -0.25) is 4.79 Å². The molecule has 0 aromatic heterocycles. The average Bonchev–Trinajstić information content (AvgIpc) is 2.62. The van der Waals surface area contributed by atoms with Gasteiger partial charge in [0.25, 0.3) is 5.91 Å². The number of hydrogen-bond donors (Lipinski definition) is 2. The van der Waals surface area contributed by atoms with Crippen LogP contribution in [0.2, 0.25) is 0 Å². The van der Waals surface area contributed by atoms with Crippen molar-refractivity contribution in [1.82, 2.24) is 0 Å². The molecule has 2 rings (SSSR count). The first kappa shape index (κ1) is 15.2. The predicted molar refractivity (Wildman–Crippen MR) is 81.5 cm³/mol. The smallest absolute Gasteiger partial charge is 0.264 e. The number of aliphatic hydroxyl groups is 2. The fraction of sp³-hybridized carbons (Fsp3) is 0.400. The van der Waals surface area contributed by atoms with Gasteiger partial charge in [0.15, 0.2) is 5.60 Å². The highest BCUT2D eigenvalue weighted by Gasteiger charge is 2.51. The minimum atomic E-state index is -1.56. The summed E-state index contributed by atoms with van der Waals surface area (Å²) < 4.78 is 0.823. The number of benzene rings is 1. The quantitative estimate of drug-likeness (QED) is 0.826. The van der Waals surface area contributed by atoms with Gasteiger partial charge in [-0.25, -0.2) is 0 Å². The van der Waals surface area contributed by atoms with Crippen LogP contribution in [0, 0.1) is 5.92 Å². The number of likely N-dealkylation sites (N-methyl/N-ethyl adjacent to an activating group) is 1. The number of rotatable bonds is 4. The molecule has 1 amide bonds. The van der Waals surface area contributed by atoms with Crippen molar-refractivity contribution in [2.45, 2.75) is 18.9 Å². The largest absolute Gasteiger partial charge is 0.396 e. The summed E-state index contributed by atoms with van der Waals surface area (Å²) in [4.78, 5) is 13.9. The van der Waals surface area contributed by atoms with Crippen molar-refractivity contribution >= 4 is 27.5 Å².